The minimum atomic E-state index is -3.82. The van der Waals surface area contributed by atoms with Crippen LogP contribution in [0.4, 0.5) is 14.5 Å². The molecule has 0 saturated carbocycles. The summed E-state index contributed by atoms with van der Waals surface area (Å²) < 4.78 is 58.9. The van der Waals surface area contributed by atoms with Gasteiger partial charge < -0.3 is 14.8 Å². The van der Waals surface area contributed by atoms with E-state index in [4.69, 9.17) is 4.74 Å². The van der Waals surface area contributed by atoms with Gasteiger partial charge in [-0.05, 0) is 35.9 Å². The molecular weight excluding hydrogens is 468 g/mol. The smallest absolute Gasteiger partial charge is 0.387 e. The van der Waals surface area contributed by atoms with E-state index in [1.807, 2.05) is 6.07 Å². The first-order valence-corrected chi connectivity index (χ1v) is 11.7. The van der Waals surface area contributed by atoms with Crippen LogP contribution in [0.5, 0.6) is 11.5 Å². The van der Waals surface area contributed by atoms with E-state index in [0.717, 1.165) is 30.0 Å². The molecule has 1 amide bonds. The van der Waals surface area contributed by atoms with E-state index in [2.05, 4.69) is 10.1 Å². The molecule has 0 heterocycles. The molecule has 0 aliphatic heterocycles. The Kier molecular flexibility index (Phi) is 7.75. The number of nitrogens with one attached hydrogen (secondary N) is 1. The van der Waals surface area contributed by atoms with Crippen LogP contribution in [0.1, 0.15) is 15.9 Å². The lowest BCUT2D eigenvalue weighted by Crippen LogP contribution is -2.17. The fraction of sp³-hybridized carbons (Fsp3) is 0.0833. The zero-order valence-electron chi connectivity index (χ0n) is 17.8. The molecular formula is C24H19F2NO6S. The zero-order chi connectivity index (χ0) is 24.7. The third-order valence-electron chi connectivity index (χ3n) is 4.38. The topological polar surface area (TPSA) is 98.8 Å². The number of anilines is 1. The standard InChI is InChI=1S/C24H19F2NO6S/c1-34(30,31)21-13-12-17(32-24(25)26)15-19(21)27-23(29)18-9-5-6-10-20(18)33-22(28)14-11-16-7-3-2-4-8-16/h2-15,24H,1H3,(H,27,29). The van der Waals surface area contributed by atoms with Crippen molar-refractivity contribution in [3.63, 3.8) is 0 Å². The van der Waals surface area contributed by atoms with Crippen LogP contribution in [0, 0.1) is 0 Å². The molecule has 0 saturated heterocycles. The summed E-state index contributed by atoms with van der Waals surface area (Å²) in [6.45, 7) is -3.14. The number of hydrogen-bond donors (Lipinski definition) is 1. The number of rotatable bonds is 8. The first kappa shape index (κ1) is 24.6. The van der Waals surface area contributed by atoms with Gasteiger partial charge in [-0.1, -0.05) is 42.5 Å². The fourth-order valence-corrected chi connectivity index (χ4v) is 3.73. The van der Waals surface area contributed by atoms with Gasteiger partial charge in [-0.2, -0.15) is 8.78 Å². The van der Waals surface area contributed by atoms with Gasteiger partial charge in [0.1, 0.15) is 11.5 Å². The summed E-state index contributed by atoms with van der Waals surface area (Å²) in [6, 6.07) is 17.9. The minimum Gasteiger partial charge on any atom is -0.435 e. The van der Waals surface area contributed by atoms with Crippen LogP contribution >= 0.6 is 0 Å². The second kappa shape index (κ2) is 10.7. The molecule has 0 unspecified atom stereocenters. The van der Waals surface area contributed by atoms with Crippen molar-refractivity contribution in [2.75, 3.05) is 11.6 Å². The van der Waals surface area contributed by atoms with Gasteiger partial charge in [0.2, 0.25) is 0 Å². The molecule has 7 nitrogen and oxygen atoms in total. The maximum absolute atomic E-state index is 12.9. The van der Waals surface area contributed by atoms with Gasteiger partial charge in [0.15, 0.2) is 9.84 Å². The maximum atomic E-state index is 12.9. The molecule has 3 rings (SSSR count). The third-order valence-corrected chi connectivity index (χ3v) is 5.53. The normalized spacial score (nSPS) is 11.4. The molecule has 0 bridgehead atoms. The number of carbonyl (C=O) groups is 2. The Balaban J connectivity index is 1.85. The molecule has 0 atom stereocenters. The van der Waals surface area contributed by atoms with E-state index < -0.39 is 28.3 Å². The lowest BCUT2D eigenvalue weighted by atomic mass is 10.1. The summed E-state index contributed by atoms with van der Waals surface area (Å²) in [7, 11) is -3.82. The number of sulfone groups is 1. The number of halogens is 2. The lowest BCUT2D eigenvalue weighted by molar-refractivity contribution is -0.128. The summed E-state index contributed by atoms with van der Waals surface area (Å²) in [5, 5.41) is 2.37. The fourth-order valence-electron chi connectivity index (χ4n) is 2.91. The van der Waals surface area contributed by atoms with Crippen LogP contribution in [0.15, 0.2) is 83.8 Å². The van der Waals surface area contributed by atoms with Crippen molar-refractivity contribution in [3.05, 3.63) is 90.0 Å². The second-order valence-corrected chi connectivity index (χ2v) is 8.91. The summed E-state index contributed by atoms with van der Waals surface area (Å²) in [5.41, 5.74) is 0.420. The summed E-state index contributed by atoms with van der Waals surface area (Å²) in [6.07, 6.45) is 3.63. The van der Waals surface area contributed by atoms with E-state index in [1.54, 1.807) is 30.3 Å². The second-order valence-electron chi connectivity index (χ2n) is 6.92. The number of para-hydroxylation sites is 1. The average Bonchev–Trinajstić information content (AvgIpc) is 2.77. The first-order chi connectivity index (χ1) is 16.1. The van der Waals surface area contributed by atoms with Gasteiger partial charge in [0.05, 0.1) is 16.1 Å². The Bertz CT molecular complexity index is 1320. The summed E-state index contributed by atoms with van der Waals surface area (Å²) in [4.78, 5) is 24.8. The van der Waals surface area contributed by atoms with Gasteiger partial charge in [-0.3, -0.25) is 4.79 Å². The van der Waals surface area contributed by atoms with Crippen LogP contribution < -0.4 is 14.8 Å². The monoisotopic (exact) mass is 487 g/mol. The molecule has 0 radical (unpaired) electrons. The Labute approximate surface area is 194 Å². The lowest BCUT2D eigenvalue weighted by Gasteiger charge is -2.14. The number of ether oxygens (including phenoxy) is 2. The van der Waals surface area contributed by atoms with E-state index in [9.17, 15) is 26.8 Å². The van der Waals surface area contributed by atoms with Gasteiger partial charge in [0.25, 0.3) is 5.91 Å². The van der Waals surface area contributed by atoms with Crippen molar-refractivity contribution < 1.29 is 36.3 Å². The van der Waals surface area contributed by atoms with Crippen molar-refractivity contribution in [2.24, 2.45) is 0 Å². The highest BCUT2D eigenvalue weighted by atomic mass is 32.2. The molecule has 0 aliphatic rings. The van der Waals surface area contributed by atoms with Gasteiger partial charge in [0, 0.05) is 18.4 Å². The molecule has 3 aromatic carbocycles. The zero-order valence-corrected chi connectivity index (χ0v) is 18.6. The molecule has 3 aromatic rings. The number of amides is 1. The maximum Gasteiger partial charge on any atom is 0.387 e. The van der Waals surface area contributed by atoms with E-state index >= 15 is 0 Å². The number of hydrogen-bond acceptors (Lipinski definition) is 6. The number of esters is 1. The van der Waals surface area contributed by atoms with Crippen LogP contribution in [0.25, 0.3) is 6.08 Å². The average molecular weight is 487 g/mol. The van der Waals surface area contributed by atoms with Crippen molar-refractivity contribution in [2.45, 2.75) is 11.5 Å². The van der Waals surface area contributed by atoms with Crippen molar-refractivity contribution >= 4 is 33.5 Å². The Hall–Kier alpha value is -4.05. The van der Waals surface area contributed by atoms with Gasteiger partial charge >= 0.3 is 12.6 Å². The van der Waals surface area contributed by atoms with Crippen molar-refractivity contribution in [1.82, 2.24) is 0 Å². The van der Waals surface area contributed by atoms with E-state index in [0.29, 0.717) is 0 Å². The quantitative estimate of drug-likeness (QED) is 0.284. The Morgan fingerprint density at radius 3 is 2.32 bits per heavy atom. The molecule has 0 aromatic heterocycles. The van der Waals surface area contributed by atoms with Crippen LogP contribution in [-0.2, 0) is 14.6 Å². The Morgan fingerprint density at radius 2 is 1.65 bits per heavy atom. The highest BCUT2D eigenvalue weighted by molar-refractivity contribution is 7.90. The molecule has 1 N–H and O–H groups in total. The van der Waals surface area contributed by atoms with Gasteiger partial charge in [-0.25, -0.2) is 13.2 Å². The predicted octanol–water partition coefficient (Wildman–Crippen LogP) is 4.56. The molecule has 176 valence electrons. The molecule has 0 spiro atoms. The Morgan fingerprint density at radius 1 is 0.971 bits per heavy atom. The largest absolute Gasteiger partial charge is 0.435 e. The first-order valence-electron chi connectivity index (χ1n) is 9.78. The van der Waals surface area contributed by atoms with E-state index in [1.165, 1.54) is 30.4 Å². The highest BCUT2D eigenvalue weighted by Gasteiger charge is 2.20. The molecule has 0 aliphatic carbocycles. The molecule has 34 heavy (non-hydrogen) atoms. The highest BCUT2D eigenvalue weighted by Crippen LogP contribution is 2.29. The summed E-state index contributed by atoms with van der Waals surface area (Å²) >= 11 is 0. The molecule has 10 heteroatoms. The van der Waals surface area contributed by atoms with Crippen LogP contribution in [-0.4, -0.2) is 33.2 Å². The van der Waals surface area contributed by atoms with Crippen molar-refractivity contribution in [1.29, 1.82) is 0 Å². The molecule has 0 fully saturated rings. The van der Waals surface area contributed by atoms with E-state index in [-0.39, 0.29) is 27.6 Å². The van der Waals surface area contributed by atoms with Crippen LogP contribution in [0.3, 0.4) is 0 Å². The van der Waals surface area contributed by atoms with Crippen molar-refractivity contribution in [3.8, 4) is 11.5 Å². The summed E-state index contributed by atoms with van der Waals surface area (Å²) in [5.74, 6) is -1.99. The SMILES string of the molecule is CS(=O)(=O)c1ccc(OC(F)F)cc1NC(=O)c1ccccc1OC(=O)C=Cc1ccccc1. The number of benzene rings is 3. The third kappa shape index (κ3) is 6.72. The van der Waals surface area contributed by atoms with Crippen LogP contribution in [0.2, 0.25) is 0 Å². The minimum absolute atomic E-state index is 0.0800. The number of alkyl halides is 2. The predicted molar refractivity (Wildman–Crippen MR) is 122 cm³/mol. The van der Waals surface area contributed by atoms with Gasteiger partial charge in [-0.15, -0.1) is 0 Å². The number of carbonyl (C=O) groups excluding carboxylic acids is 2.